The van der Waals surface area contributed by atoms with E-state index in [0.29, 0.717) is 13.0 Å². The van der Waals surface area contributed by atoms with E-state index in [9.17, 15) is 4.79 Å². The van der Waals surface area contributed by atoms with Crippen LogP contribution in [0.25, 0.3) is 0 Å². The highest BCUT2D eigenvalue weighted by Gasteiger charge is 2.06. The lowest BCUT2D eigenvalue weighted by atomic mass is 10.0. The first-order valence-electron chi connectivity index (χ1n) is 8.57. The number of benzene rings is 2. The predicted molar refractivity (Wildman–Crippen MR) is 100 cm³/mol. The molecule has 0 unspecified atom stereocenters. The van der Waals surface area contributed by atoms with Crippen LogP contribution in [0.2, 0.25) is 0 Å². The first-order valence-corrected chi connectivity index (χ1v) is 8.57. The molecule has 0 fully saturated rings. The molecule has 0 saturated heterocycles. The number of rotatable bonds is 8. The number of aryl methyl sites for hydroxylation is 3. The summed E-state index contributed by atoms with van der Waals surface area (Å²) in [6.07, 6.45) is 2.19. The standard InChI is InChI=1S/C21H27NO3/c1-15-7-8-18(12-16(15)2)14-21(23)22-11-5-6-17-9-10-19(24-3)20(13-17)25-4/h7-10,12-13H,5-6,11,14H2,1-4H3,(H,22,23). The van der Waals surface area contributed by atoms with Gasteiger partial charge < -0.3 is 14.8 Å². The fraction of sp³-hybridized carbons (Fsp3) is 0.381. The average molecular weight is 341 g/mol. The van der Waals surface area contributed by atoms with Gasteiger partial charge in [-0.15, -0.1) is 0 Å². The SMILES string of the molecule is COc1ccc(CCCNC(=O)Cc2ccc(C)c(C)c2)cc1OC. The van der Waals surface area contributed by atoms with Crippen molar-refractivity contribution in [1.82, 2.24) is 5.32 Å². The van der Waals surface area contributed by atoms with Gasteiger partial charge in [0.2, 0.25) is 5.91 Å². The molecule has 0 spiro atoms. The molecule has 4 heteroatoms. The number of amides is 1. The predicted octanol–water partition coefficient (Wildman–Crippen LogP) is 3.61. The van der Waals surface area contributed by atoms with Crippen LogP contribution in [0.5, 0.6) is 11.5 Å². The highest BCUT2D eigenvalue weighted by molar-refractivity contribution is 5.78. The first-order chi connectivity index (χ1) is 12.0. The molecule has 0 aromatic heterocycles. The molecule has 2 rings (SSSR count). The van der Waals surface area contributed by atoms with Gasteiger partial charge in [-0.1, -0.05) is 24.3 Å². The highest BCUT2D eigenvalue weighted by atomic mass is 16.5. The van der Waals surface area contributed by atoms with E-state index in [2.05, 4.69) is 31.3 Å². The highest BCUT2D eigenvalue weighted by Crippen LogP contribution is 2.27. The first kappa shape index (κ1) is 18.8. The monoisotopic (exact) mass is 341 g/mol. The second-order valence-electron chi connectivity index (χ2n) is 6.24. The third kappa shape index (κ3) is 5.52. The average Bonchev–Trinajstić information content (AvgIpc) is 2.61. The number of hydrogen-bond donors (Lipinski definition) is 1. The fourth-order valence-corrected chi connectivity index (χ4v) is 2.72. The van der Waals surface area contributed by atoms with Gasteiger partial charge in [0.1, 0.15) is 0 Å². The summed E-state index contributed by atoms with van der Waals surface area (Å²) in [5.41, 5.74) is 4.69. The summed E-state index contributed by atoms with van der Waals surface area (Å²) in [6, 6.07) is 12.1. The lowest BCUT2D eigenvalue weighted by Crippen LogP contribution is -2.26. The number of ether oxygens (including phenoxy) is 2. The van der Waals surface area contributed by atoms with Gasteiger partial charge in [0, 0.05) is 6.54 Å². The smallest absolute Gasteiger partial charge is 0.224 e. The maximum Gasteiger partial charge on any atom is 0.224 e. The van der Waals surface area contributed by atoms with E-state index in [1.165, 1.54) is 16.7 Å². The van der Waals surface area contributed by atoms with E-state index in [-0.39, 0.29) is 5.91 Å². The van der Waals surface area contributed by atoms with Gasteiger partial charge in [-0.3, -0.25) is 4.79 Å². The third-order valence-corrected chi connectivity index (χ3v) is 4.35. The number of carbonyl (C=O) groups excluding carboxylic acids is 1. The molecule has 0 radical (unpaired) electrons. The molecule has 0 heterocycles. The van der Waals surface area contributed by atoms with Gasteiger partial charge in [-0.2, -0.15) is 0 Å². The normalized spacial score (nSPS) is 10.4. The molecular weight excluding hydrogens is 314 g/mol. The van der Waals surface area contributed by atoms with Crippen molar-refractivity contribution in [3.8, 4) is 11.5 Å². The second-order valence-corrected chi connectivity index (χ2v) is 6.24. The maximum absolute atomic E-state index is 12.1. The molecule has 0 saturated carbocycles. The molecule has 2 aromatic rings. The van der Waals surface area contributed by atoms with Gasteiger partial charge in [0.15, 0.2) is 11.5 Å². The molecule has 1 amide bonds. The molecule has 0 bridgehead atoms. The van der Waals surface area contributed by atoms with Crippen molar-refractivity contribution < 1.29 is 14.3 Å². The van der Waals surface area contributed by atoms with Crippen LogP contribution < -0.4 is 14.8 Å². The Labute approximate surface area is 150 Å². The van der Waals surface area contributed by atoms with Gasteiger partial charge >= 0.3 is 0 Å². The van der Waals surface area contributed by atoms with E-state index in [1.54, 1.807) is 14.2 Å². The molecular formula is C21H27NO3. The van der Waals surface area contributed by atoms with Crippen molar-refractivity contribution in [1.29, 1.82) is 0 Å². The van der Waals surface area contributed by atoms with Crippen molar-refractivity contribution in [3.63, 3.8) is 0 Å². The number of carbonyl (C=O) groups is 1. The molecule has 2 aromatic carbocycles. The minimum absolute atomic E-state index is 0.0653. The summed E-state index contributed by atoms with van der Waals surface area (Å²) in [7, 11) is 3.26. The van der Waals surface area contributed by atoms with Crippen LogP contribution in [-0.2, 0) is 17.6 Å². The van der Waals surface area contributed by atoms with Crippen molar-refractivity contribution in [2.24, 2.45) is 0 Å². The second kappa shape index (κ2) is 9.11. The van der Waals surface area contributed by atoms with E-state index >= 15 is 0 Å². The van der Waals surface area contributed by atoms with Gasteiger partial charge in [0.25, 0.3) is 0 Å². The third-order valence-electron chi connectivity index (χ3n) is 4.35. The Bertz CT molecular complexity index is 725. The van der Waals surface area contributed by atoms with E-state index in [1.807, 2.05) is 24.3 Å². The largest absolute Gasteiger partial charge is 0.493 e. The van der Waals surface area contributed by atoms with Gasteiger partial charge in [-0.05, 0) is 61.1 Å². The zero-order chi connectivity index (χ0) is 18.2. The van der Waals surface area contributed by atoms with Crippen LogP contribution in [0.15, 0.2) is 36.4 Å². The van der Waals surface area contributed by atoms with Gasteiger partial charge in [-0.25, -0.2) is 0 Å². The number of methoxy groups -OCH3 is 2. The van der Waals surface area contributed by atoms with Crippen LogP contribution in [0.3, 0.4) is 0 Å². The molecule has 134 valence electrons. The van der Waals surface area contributed by atoms with Crippen molar-refractivity contribution in [2.45, 2.75) is 33.1 Å². The number of hydrogen-bond acceptors (Lipinski definition) is 3. The topological polar surface area (TPSA) is 47.6 Å². The lowest BCUT2D eigenvalue weighted by Gasteiger charge is -2.10. The van der Waals surface area contributed by atoms with Crippen LogP contribution >= 0.6 is 0 Å². The minimum Gasteiger partial charge on any atom is -0.493 e. The number of nitrogens with one attached hydrogen (secondary N) is 1. The van der Waals surface area contributed by atoms with Crippen LogP contribution in [0.1, 0.15) is 28.7 Å². The van der Waals surface area contributed by atoms with Crippen LogP contribution in [-0.4, -0.2) is 26.7 Å². The molecule has 0 atom stereocenters. The van der Waals surface area contributed by atoms with E-state index < -0.39 is 0 Å². The summed E-state index contributed by atoms with van der Waals surface area (Å²) in [6.45, 7) is 4.81. The Morgan fingerprint density at radius 2 is 1.64 bits per heavy atom. The van der Waals surface area contributed by atoms with Crippen molar-refractivity contribution in [2.75, 3.05) is 20.8 Å². The van der Waals surface area contributed by atoms with Crippen molar-refractivity contribution >= 4 is 5.91 Å². The molecule has 0 aliphatic rings. The molecule has 25 heavy (non-hydrogen) atoms. The summed E-state index contributed by atoms with van der Waals surface area (Å²) >= 11 is 0. The molecule has 0 aliphatic heterocycles. The Morgan fingerprint density at radius 1 is 0.920 bits per heavy atom. The lowest BCUT2D eigenvalue weighted by molar-refractivity contribution is -0.120. The van der Waals surface area contributed by atoms with Crippen LogP contribution in [0.4, 0.5) is 0 Å². The minimum atomic E-state index is 0.0653. The zero-order valence-corrected chi connectivity index (χ0v) is 15.5. The quantitative estimate of drug-likeness (QED) is 0.746. The van der Waals surface area contributed by atoms with E-state index in [0.717, 1.165) is 29.9 Å². The Kier molecular flexibility index (Phi) is 6.87. The van der Waals surface area contributed by atoms with Crippen LogP contribution in [0, 0.1) is 13.8 Å². The summed E-state index contributed by atoms with van der Waals surface area (Å²) in [4.78, 5) is 12.1. The zero-order valence-electron chi connectivity index (χ0n) is 15.5. The molecule has 4 nitrogen and oxygen atoms in total. The van der Waals surface area contributed by atoms with Crippen molar-refractivity contribution in [3.05, 3.63) is 58.7 Å². The summed E-state index contributed by atoms with van der Waals surface area (Å²) < 4.78 is 10.5. The van der Waals surface area contributed by atoms with Gasteiger partial charge in [0.05, 0.1) is 20.6 Å². The fourth-order valence-electron chi connectivity index (χ4n) is 2.72. The summed E-state index contributed by atoms with van der Waals surface area (Å²) in [5.74, 6) is 1.53. The molecule has 0 aliphatic carbocycles. The Balaban J connectivity index is 1.77. The summed E-state index contributed by atoms with van der Waals surface area (Å²) in [5, 5.41) is 2.99. The Morgan fingerprint density at radius 3 is 2.32 bits per heavy atom. The Hall–Kier alpha value is -2.49. The molecule has 1 N–H and O–H groups in total. The van der Waals surface area contributed by atoms with E-state index in [4.69, 9.17) is 9.47 Å². The maximum atomic E-state index is 12.1.